The summed E-state index contributed by atoms with van der Waals surface area (Å²) in [5, 5.41) is 3.39. The Labute approximate surface area is 289 Å². The number of pyridine rings is 1. The van der Waals surface area contributed by atoms with Crippen molar-refractivity contribution in [3.8, 4) is 22.4 Å². The third-order valence-electron chi connectivity index (χ3n) is 9.98. The van der Waals surface area contributed by atoms with Gasteiger partial charge in [-0.15, -0.1) is 0 Å². The number of aromatic amines is 1. The van der Waals surface area contributed by atoms with Crippen molar-refractivity contribution < 1.29 is 9.18 Å². The van der Waals surface area contributed by atoms with Gasteiger partial charge in [-0.2, -0.15) is 0 Å². The third kappa shape index (κ3) is 9.09. The summed E-state index contributed by atoms with van der Waals surface area (Å²) in [7, 11) is 1.90. The number of aromatic nitrogens is 3. The number of nitrogens with zero attached hydrogens (tertiary/aromatic N) is 4. The maximum absolute atomic E-state index is 14.9. The molecule has 3 aromatic rings. The second kappa shape index (κ2) is 17.5. The Bertz CT molecular complexity index is 1640. The molecule has 0 bridgehead atoms. The molecule has 49 heavy (non-hydrogen) atoms. The second-order valence-electron chi connectivity index (χ2n) is 13.1. The van der Waals surface area contributed by atoms with E-state index in [-0.39, 0.29) is 35.3 Å². The highest BCUT2D eigenvalue weighted by atomic mass is 19.1. The third-order valence-corrected chi connectivity index (χ3v) is 9.98. The van der Waals surface area contributed by atoms with E-state index in [1.54, 1.807) is 36.5 Å². The number of hydrogen-bond donors (Lipinski definition) is 4. The highest BCUT2D eigenvalue weighted by Crippen LogP contribution is 2.31. The number of carbonyl (C=O) groups excluding carboxylic acids is 1. The molecular formula is C38H51FN8O2. The van der Waals surface area contributed by atoms with Gasteiger partial charge in [0.15, 0.2) is 5.82 Å². The molecule has 1 saturated heterocycles. The van der Waals surface area contributed by atoms with Crippen LogP contribution in [0.25, 0.3) is 22.4 Å². The number of allylic oxidation sites excluding steroid dienone is 2. The first-order chi connectivity index (χ1) is 23.8. The zero-order chi connectivity index (χ0) is 34.8. The topological polar surface area (TPSA) is 118 Å². The van der Waals surface area contributed by atoms with Crippen LogP contribution in [0.5, 0.6) is 0 Å². The van der Waals surface area contributed by atoms with Crippen LogP contribution in [-0.2, 0) is 4.79 Å². The molecule has 5 rings (SSSR count). The largest absolute Gasteiger partial charge is 0.351 e. The number of H-pyrrole nitrogens is 1. The Hall–Kier alpha value is -4.19. The highest BCUT2D eigenvalue weighted by Gasteiger charge is 2.33. The van der Waals surface area contributed by atoms with E-state index in [0.717, 1.165) is 71.1 Å². The quantitative estimate of drug-likeness (QED) is 0.0975. The van der Waals surface area contributed by atoms with Crippen LogP contribution in [-0.4, -0.2) is 76.1 Å². The minimum atomic E-state index is -0.533. The van der Waals surface area contributed by atoms with Gasteiger partial charge in [0.25, 0.3) is 5.56 Å². The summed E-state index contributed by atoms with van der Waals surface area (Å²) in [4.78, 5) is 41.8. The molecular weight excluding hydrogens is 619 g/mol. The van der Waals surface area contributed by atoms with Gasteiger partial charge >= 0.3 is 0 Å². The first-order valence-electron chi connectivity index (χ1n) is 17.7. The van der Waals surface area contributed by atoms with E-state index in [4.69, 9.17) is 0 Å². The standard InChI is InChI=1S/C38H51FN8O2/c1-5-10-27(6-2)35(45-40-4)46(7-3)25-26-18-21-47(22-19-26)37(49)28-14-16-31(17-15-28)43-38-42-24-33(39)34(44-38)30-12-8-11-29(23-30)32-13-9-20-41-36(32)48/h5,8-13,20,23-24,26,28,31,35,40,45H,1,6-7,14-19,21-22,25H2,2-4H3,(H,41,48)(H,42,43,44)/b27-10-/t28?,31?,35-/m0/s1. The van der Waals surface area contributed by atoms with E-state index in [9.17, 15) is 14.0 Å². The summed E-state index contributed by atoms with van der Waals surface area (Å²) >= 11 is 0. The Balaban J connectivity index is 1.13. The zero-order valence-corrected chi connectivity index (χ0v) is 29.1. The number of likely N-dealkylation sites (N-methyl/N-ethyl adjacent to an activating group) is 1. The van der Waals surface area contributed by atoms with Crippen LogP contribution in [0.1, 0.15) is 58.8 Å². The first kappa shape index (κ1) is 36.1. The summed E-state index contributed by atoms with van der Waals surface area (Å²) in [6, 6.07) is 10.7. The SMILES string of the molecule is C=C/C=C(/CC)[C@@H](NNC)N(CC)CC1CCN(C(=O)C2CCC(Nc3ncc(F)c(-c4cccc(-c5ccc[nH]c5=O)c4)n3)CC2)CC1. The average Bonchev–Trinajstić information content (AvgIpc) is 3.13. The summed E-state index contributed by atoms with van der Waals surface area (Å²) in [5.41, 5.74) is 9.56. The number of likely N-dealkylation sites (tertiary alicyclic amines) is 1. The van der Waals surface area contributed by atoms with Crippen molar-refractivity contribution in [2.24, 2.45) is 11.8 Å². The van der Waals surface area contributed by atoms with Crippen molar-refractivity contribution in [3.05, 3.63) is 89.3 Å². The number of hydrogen-bond acceptors (Lipinski definition) is 8. The number of halogens is 1. The fraction of sp³-hybridized carbons (Fsp3) is 0.474. The molecule has 1 aliphatic carbocycles. The number of rotatable bonds is 14. The zero-order valence-electron chi connectivity index (χ0n) is 29.1. The fourth-order valence-corrected chi connectivity index (χ4v) is 7.24. The molecule has 2 aromatic heterocycles. The number of hydrazine groups is 1. The minimum Gasteiger partial charge on any atom is -0.351 e. The van der Waals surface area contributed by atoms with Crippen LogP contribution >= 0.6 is 0 Å². The Kier molecular flexibility index (Phi) is 12.9. The summed E-state index contributed by atoms with van der Waals surface area (Å²) in [6.07, 6.45) is 13.0. The van der Waals surface area contributed by atoms with Crippen LogP contribution < -0.4 is 21.7 Å². The molecule has 2 aliphatic rings. The molecule has 2 fully saturated rings. The summed E-state index contributed by atoms with van der Waals surface area (Å²) in [5.74, 6) is 0.663. The molecule has 11 heteroatoms. The predicted molar refractivity (Wildman–Crippen MR) is 194 cm³/mol. The van der Waals surface area contributed by atoms with E-state index in [2.05, 4.69) is 67.4 Å². The van der Waals surface area contributed by atoms with Crippen LogP contribution in [0.4, 0.5) is 10.3 Å². The predicted octanol–water partition coefficient (Wildman–Crippen LogP) is 5.74. The molecule has 1 amide bonds. The minimum absolute atomic E-state index is 0.0238. The second-order valence-corrected chi connectivity index (χ2v) is 13.1. The maximum atomic E-state index is 14.9. The Morgan fingerprint density at radius 3 is 2.55 bits per heavy atom. The van der Waals surface area contributed by atoms with Gasteiger partial charge in [-0.1, -0.05) is 50.8 Å². The number of piperidine rings is 1. The van der Waals surface area contributed by atoms with Crippen molar-refractivity contribution in [3.63, 3.8) is 0 Å². The molecule has 3 heterocycles. The number of benzene rings is 1. The van der Waals surface area contributed by atoms with Gasteiger partial charge in [0, 0.05) is 48.9 Å². The molecule has 4 N–H and O–H groups in total. The van der Waals surface area contributed by atoms with Crippen molar-refractivity contribution in [1.82, 2.24) is 35.6 Å². The molecule has 0 unspecified atom stereocenters. The van der Waals surface area contributed by atoms with Gasteiger partial charge in [-0.25, -0.2) is 19.8 Å². The number of amides is 1. The van der Waals surface area contributed by atoms with Crippen LogP contribution in [0.3, 0.4) is 0 Å². The molecule has 1 aliphatic heterocycles. The van der Waals surface area contributed by atoms with E-state index < -0.39 is 5.82 Å². The van der Waals surface area contributed by atoms with Crippen LogP contribution in [0, 0.1) is 17.7 Å². The lowest BCUT2D eigenvalue weighted by Crippen LogP contribution is -2.53. The Morgan fingerprint density at radius 2 is 1.88 bits per heavy atom. The summed E-state index contributed by atoms with van der Waals surface area (Å²) in [6.45, 7) is 11.8. The van der Waals surface area contributed by atoms with Gasteiger partial charge in [-0.05, 0) is 93.8 Å². The molecule has 1 atom stereocenters. The van der Waals surface area contributed by atoms with Gasteiger partial charge in [0.1, 0.15) is 5.69 Å². The van der Waals surface area contributed by atoms with Crippen molar-refractivity contribution in [1.29, 1.82) is 0 Å². The first-order valence-corrected chi connectivity index (χ1v) is 17.7. The number of nitrogens with one attached hydrogen (secondary N) is 4. The Morgan fingerprint density at radius 1 is 1.12 bits per heavy atom. The van der Waals surface area contributed by atoms with Crippen LogP contribution in [0.2, 0.25) is 0 Å². The normalized spacial score (nSPS) is 19.5. The van der Waals surface area contributed by atoms with Gasteiger partial charge < -0.3 is 15.2 Å². The number of carbonyl (C=O) groups is 1. The average molecular weight is 671 g/mol. The molecule has 1 saturated carbocycles. The fourth-order valence-electron chi connectivity index (χ4n) is 7.24. The van der Waals surface area contributed by atoms with Crippen molar-refractivity contribution in [2.45, 2.75) is 71.0 Å². The summed E-state index contributed by atoms with van der Waals surface area (Å²) < 4.78 is 14.9. The maximum Gasteiger partial charge on any atom is 0.255 e. The molecule has 0 spiro atoms. The van der Waals surface area contributed by atoms with Gasteiger partial charge in [-0.3, -0.25) is 19.9 Å². The van der Waals surface area contributed by atoms with E-state index >= 15 is 0 Å². The lowest BCUT2D eigenvalue weighted by atomic mass is 9.84. The van der Waals surface area contributed by atoms with E-state index in [0.29, 0.717) is 28.6 Å². The lowest BCUT2D eigenvalue weighted by molar-refractivity contribution is -0.138. The van der Waals surface area contributed by atoms with Gasteiger partial charge in [0.05, 0.1) is 12.4 Å². The van der Waals surface area contributed by atoms with Crippen LogP contribution in [0.15, 0.2) is 77.9 Å². The molecule has 262 valence electrons. The lowest BCUT2D eigenvalue weighted by Gasteiger charge is -2.40. The van der Waals surface area contributed by atoms with E-state index in [1.165, 1.54) is 11.8 Å². The van der Waals surface area contributed by atoms with E-state index in [1.807, 2.05) is 19.2 Å². The molecule has 10 nitrogen and oxygen atoms in total. The monoisotopic (exact) mass is 670 g/mol. The number of anilines is 1. The van der Waals surface area contributed by atoms with Crippen molar-refractivity contribution in [2.75, 3.05) is 38.5 Å². The highest BCUT2D eigenvalue weighted by molar-refractivity contribution is 5.79. The van der Waals surface area contributed by atoms with Crippen molar-refractivity contribution >= 4 is 11.9 Å². The molecule has 1 aromatic carbocycles. The smallest absolute Gasteiger partial charge is 0.255 e. The molecule has 0 radical (unpaired) electrons. The van der Waals surface area contributed by atoms with Gasteiger partial charge in [0.2, 0.25) is 11.9 Å².